The highest BCUT2D eigenvalue weighted by molar-refractivity contribution is 7.07. The van der Waals surface area contributed by atoms with Crippen molar-refractivity contribution >= 4 is 46.6 Å². The van der Waals surface area contributed by atoms with E-state index in [1.165, 1.54) is 22.0 Å². The number of rotatable bonds is 11. The molecule has 210 valence electrons. The lowest BCUT2D eigenvalue weighted by atomic mass is 9.95. The number of fused-ring (bicyclic) bond motifs is 1. The standard InChI is InChI=1S/C30H30Cl2N2O5S/c1-5-7-8-14-38-23-12-10-20(15-24(23)37-4)27-26(29(36)39-13-6-2)18(3)33-30-34(27)28(35)25(40-30)16-19-9-11-21(31)17-22(19)32/h6,9-12,15-17,27H,2,5,7-8,13-14H2,1,3-4H3. The van der Waals surface area contributed by atoms with Crippen molar-refractivity contribution in [2.45, 2.75) is 39.2 Å². The zero-order chi connectivity index (χ0) is 28.8. The maximum atomic E-state index is 13.9. The number of ether oxygens (including phenoxy) is 3. The van der Waals surface area contributed by atoms with Gasteiger partial charge in [0, 0.05) is 10.0 Å². The second kappa shape index (κ2) is 13.4. The normalized spacial score (nSPS) is 14.9. The Labute approximate surface area is 246 Å². The molecule has 2 aromatic carbocycles. The third-order valence-electron chi connectivity index (χ3n) is 6.33. The summed E-state index contributed by atoms with van der Waals surface area (Å²) >= 11 is 13.6. The van der Waals surface area contributed by atoms with E-state index in [2.05, 4.69) is 18.5 Å². The molecule has 0 bridgehead atoms. The van der Waals surface area contributed by atoms with E-state index in [0.717, 1.165) is 19.3 Å². The highest BCUT2D eigenvalue weighted by atomic mass is 35.5. The molecule has 2 heterocycles. The fraction of sp³-hybridized carbons (Fsp3) is 0.300. The molecule has 0 fully saturated rings. The van der Waals surface area contributed by atoms with Crippen molar-refractivity contribution in [2.75, 3.05) is 20.3 Å². The van der Waals surface area contributed by atoms with E-state index in [-0.39, 0.29) is 17.7 Å². The van der Waals surface area contributed by atoms with Crippen LogP contribution in [0.1, 0.15) is 50.3 Å². The van der Waals surface area contributed by atoms with Crippen LogP contribution in [0.15, 0.2) is 70.1 Å². The Morgan fingerprint density at radius 1 is 1.18 bits per heavy atom. The molecule has 0 saturated heterocycles. The van der Waals surface area contributed by atoms with Crippen molar-refractivity contribution in [1.29, 1.82) is 0 Å². The average Bonchev–Trinajstić information content (AvgIpc) is 3.24. The zero-order valence-electron chi connectivity index (χ0n) is 22.5. The number of thiazole rings is 1. The molecular formula is C30H30Cl2N2O5S. The minimum Gasteiger partial charge on any atom is -0.493 e. The number of unbranched alkanes of at least 4 members (excludes halogenated alkanes) is 2. The van der Waals surface area contributed by atoms with Gasteiger partial charge in [0.05, 0.1) is 35.6 Å². The highest BCUT2D eigenvalue weighted by Crippen LogP contribution is 2.36. The Bertz CT molecular complexity index is 1640. The van der Waals surface area contributed by atoms with Gasteiger partial charge in [-0.15, -0.1) is 0 Å². The number of hydrogen-bond donors (Lipinski definition) is 0. The number of methoxy groups -OCH3 is 1. The third kappa shape index (κ3) is 6.35. The summed E-state index contributed by atoms with van der Waals surface area (Å²) in [5, 5.41) is 0.910. The van der Waals surface area contributed by atoms with E-state index in [1.807, 2.05) is 6.07 Å². The highest BCUT2D eigenvalue weighted by Gasteiger charge is 2.34. The van der Waals surface area contributed by atoms with Crippen LogP contribution in [0.25, 0.3) is 6.08 Å². The van der Waals surface area contributed by atoms with Crippen LogP contribution in [0.5, 0.6) is 11.5 Å². The van der Waals surface area contributed by atoms with Crippen molar-refractivity contribution in [3.63, 3.8) is 0 Å². The van der Waals surface area contributed by atoms with Crippen LogP contribution in [-0.2, 0) is 9.53 Å². The fourth-order valence-electron chi connectivity index (χ4n) is 4.38. The van der Waals surface area contributed by atoms with Crippen molar-refractivity contribution in [3.05, 3.63) is 101 Å². The third-order valence-corrected chi connectivity index (χ3v) is 7.88. The van der Waals surface area contributed by atoms with Gasteiger partial charge in [0.1, 0.15) is 6.61 Å². The van der Waals surface area contributed by atoms with Crippen molar-refractivity contribution in [3.8, 4) is 11.5 Å². The molecule has 3 aromatic rings. The Morgan fingerprint density at radius 2 is 1.98 bits per heavy atom. The number of esters is 1. The molecule has 10 heteroatoms. The maximum Gasteiger partial charge on any atom is 0.338 e. The molecule has 0 N–H and O–H groups in total. The maximum absolute atomic E-state index is 13.9. The number of carbonyl (C=O) groups is 1. The molecule has 1 atom stereocenters. The van der Waals surface area contributed by atoms with Crippen LogP contribution in [-0.4, -0.2) is 30.9 Å². The van der Waals surface area contributed by atoms with Crippen LogP contribution in [0.3, 0.4) is 0 Å². The summed E-state index contributed by atoms with van der Waals surface area (Å²) in [4.78, 5) is 32.2. The molecule has 0 spiro atoms. The SMILES string of the molecule is C=CCOC(=O)C1=C(C)N=c2sc(=Cc3ccc(Cl)cc3Cl)c(=O)n2C1c1ccc(OCCCCC)c(OC)c1. The first-order valence-corrected chi connectivity index (χ1v) is 14.4. The van der Waals surface area contributed by atoms with Crippen molar-refractivity contribution in [2.24, 2.45) is 4.99 Å². The van der Waals surface area contributed by atoms with Gasteiger partial charge in [0.25, 0.3) is 5.56 Å². The second-order valence-corrected chi connectivity index (χ2v) is 11.0. The van der Waals surface area contributed by atoms with E-state index in [0.29, 0.717) is 54.3 Å². The van der Waals surface area contributed by atoms with E-state index < -0.39 is 12.0 Å². The second-order valence-electron chi connectivity index (χ2n) is 9.10. The zero-order valence-corrected chi connectivity index (χ0v) is 24.9. The summed E-state index contributed by atoms with van der Waals surface area (Å²) < 4.78 is 18.9. The summed E-state index contributed by atoms with van der Waals surface area (Å²) in [5.41, 5.74) is 1.68. The van der Waals surface area contributed by atoms with Gasteiger partial charge in [-0.25, -0.2) is 9.79 Å². The largest absolute Gasteiger partial charge is 0.493 e. The van der Waals surface area contributed by atoms with Crippen LogP contribution >= 0.6 is 34.5 Å². The summed E-state index contributed by atoms with van der Waals surface area (Å²) in [5.74, 6) is 0.501. The molecule has 0 aliphatic carbocycles. The lowest BCUT2D eigenvalue weighted by molar-refractivity contribution is -0.138. The van der Waals surface area contributed by atoms with Gasteiger partial charge in [-0.2, -0.15) is 0 Å². The molecule has 1 aromatic heterocycles. The van der Waals surface area contributed by atoms with Crippen molar-refractivity contribution in [1.82, 2.24) is 4.57 Å². The molecule has 0 amide bonds. The number of benzene rings is 2. The van der Waals surface area contributed by atoms with E-state index in [1.54, 1.807) is 50.4 Å². The minimum absolute atomic E-state index is 0.0235. The summed E-state index contributed by atoms with van der Waals surface area (Å²) in [6.07, 6.45) is 6.27. The average molecular weight is 602 g/mol. The molecular weight excluding hydrogens is 571 g/mol. The summed E-state index contributed by atoms with van der Waals surface area (Å²) in [7, 11) is 1.56. The van der Waals surface area contributed by atoms with Crippen LogP contribution < -0.4 is 24.4 Å². The van der Waals surface area contributed by atoms with E-state index in [9.17, 15) is 9.59 Å². The van der Waals surface area contributed by atoms with E-state index >= 15 is 0 Å². The molecule has 0 saturated carbocycles. The number of aromatic nitrogens is 1. The monoisotopic (exact) mass is 600 g/mol. The van der Waals surface area contributed by atoms with Crippen LogP contribution in [0.2, 0.25) is 10.0 Å². The van der Waals surface area contributed by atoms with Crippen LogP contribution in [0, 0.1) is 0 Å². The Hall–Kier alpha value is -3.33. The summed E-state index contributed by atoms with van der Waals surface area (Å²) in [6.45, 7) is 8.07. The molecule has 4 rings (SSSR count). The molecule has 1 aliphatic heterocycles. The fourth-order valence-corrected chi connectivity index (χ4v) is 5.88. The van der Waals surface area contributed by atoms with E-state index in [4.69, 9.17) is 37.4 Å². The smallest absolute Gasteiger partial charge is 0.338 e. The molecule has 1 aliphatic rings. The van der Waals surface area contributed by atoms with Gasteiger partial charge >= 0.3 is 5.97 Å². The van der Waals surface area contributed by atoms with Gasteiger partial charge in [0.2, 0.25) is 0 Å². The Balaban J connectivity index is 1.87. The first-order chi connectivity index (χ1) is 19.3. The summed E-state index contributed by atoms with van der Waals surface area (Å²) in [6, 6.07) is 9.67. The molecule has 1 unspecified atom stereocenters. The number of nitrogens with zero attached hydrogens (tertiary/aromatic N) is 2. The van der Waals surface area contributed by atoms with Gasteiger partial charge in [-0.1, -0.05) is 79.1 Å². The van der Waals surface area contributed by atoms with Gasteiger partial charge < -0.3 is 14.2 Å². The van der Waals surface area contributed by atoms with Gasteiger partial charge in [-0.05, 0) is 54.8 Å². The minimum atomic E-state index is -0.806. The quantitative estimate of drug-likeness (QED) is 0.157. The number of hydrogen-bond acceptors (Lipinski definition) is 7. The molecule has 7 nitrogen and oxygen atoms in total. The van der Waals surface area contributed by atoms with Gasteiger partial charge in [-0.3, -0.25) is 9.36 Å². The predicted molar refractivity (Wildman–Crippen MR) is 159 cm³/mol. The predicted octanol–water partition coefficient (Wildman–Crippen LogP) is 5.85. The Morgan fingerprint density at radius 3 is 2.67 bits per heavy atom. The number of carbonyl (C=O) groups excluding carboxylic acids is 1. The first kappa shape index (κ1) is 29.6. The van der Waals surface area contributed by atoms with Gasteiger partial charge in [0.15, 0.2) is 16.3 Å². The molecule has 40 heavy (non-hydrogen) atoms. The lowest BCUT2D eigenvalue weighted by Gasteiger charge is -2.25. The topological polar surface area (TPSA) is 79.1 Å². The molecule has 0 radical (unpaired) electrons. The number of allylic oxidation sites excluding steroid dienone is 1. The van der Waals surface area contributed by atoms with Crippen LogP contribution in [0.4, 0.5) is 0 Å². The Kier molecular flexibility index (Phi) is 9.90. The first-order valence-electron chi connectivity index (χ1n) is 12.8. The lowest BCUT2D eigenvalue weighted by Crippen LogP contribution is -2.40. The van der Waals surface area contributed by atoms with Crippen molar-refractivity contribution < 1.29 is 19.0 Å². The number of halogens is 2.